The number of ether oxygens (including phenoxy) is 4. The van der Waals surface area contributed by atoms with E-state index in [1.807, 2.05) is 53.1 Å². The summed E-state index contributed by atoms with van der Waals surface area (Å²) in [5, 5.41) is 0. The topological polar surface area (TPSA) is 109 Å². The SMILES string of the molecule is COc1ccc(C(CCN2CCCCC2C(=O)c2nc3ccccc3n2Cc2ccco2)CN(C)C(=O)c2cc(OC)c(OC)c(OC)c2)cc1. The molecule has 1 aliphatic rings. The number of ketones is 1. The molecule has 268 valence electrons. The van der Waals surface area contributed by atoms with E-state index in [0.717, 1.165) is 60.3 Å². The first-order valence-corrected chi connectivity index (χ1v) is 17.3. The maximum absolute atomic E-state index is 14.4. The van der Waals surface area contributed by atoms with E-state index in [-0.39, 0.29) is 23.7 Å². The molecule has 0 aliphatic carbocycles. The molecule has 3 aromatic carbocycles. The molecule has 0 N–H and O–H groups in total. The maximum Gasteiger partial charge on any atom is 0.253 e. The Kier molecular flexibility index (Phi) is 11.3. The first-order valence-electron chi connectivity index (χ1n) is 17.3. The summed E-state index contributed by atoms with van der Waals surface area (Å²) >= 11 is 0. The fraction of sp³-hybridized carbons (Fsp3) is 0.375. The second-order valence-corrected chi connectivity index (χ2v) is 12.9. The highest BCUT2D eigenvalue weighted by molar-refractivity contribution is 6.00. The number of furan rings is 1. The van der Waals surface area contributed by atoms with Crippen LogP contribution < -0.4 is 18.9 Å². The molecule has 2 aromatic heterocycles. The Bertz CT molecular complexity index is 1910. The van der Waals surface area contributed by atoms with E-state index < -0.39 is 0 Å². The van der Waals surface area contributed by atoms with Crippen molar-refractivity contribution in [1.82, 2.24) is 19.4 Å². The first-order chi connectivity index (χ1) is 24.8. The molecule has 0 radical (unpaired) electrons. The highest BCUT2D eigenvalue weighted by Crippen LogP contribution is 2.38. The van der Waals surface area contributed by atoms with Gasteiger partial charge in [0.15, 0.2) is 17.3 Å². The Hall–Kier alpha value is -5.29. The minimum absolute atomic E-state index is 0.0203. The molecule has 51 heavy (non-hydrogen) atoms. The van der Waals surface area contributed by atoms with Crippen LogP contribution in [0.2, 0.25) is 0 Å². The number of fused-ring (bicyclic) bond motifs is 1. The zero-order valence-electron chi connectivity index (χ0n) is 30.0. The fourth-order valence-electron chi connectivity index (χ4n) is 7.09. The number of hydrogen-bond donors (Lipinski definition) is 0. The Morgan fingerprint density at radius 2 is 1.67 bits per heavy atom. The molecular weight excluding hydrogens is 648 g/mol. The minimum Gasteiger partial charge on any atom is -0.497 e. The highest BCUT2D eigenvalue weighted by Gasteiger charge is 2.33. The number of methoxy groups -OCH3 is 4. The number of benzene rings is 3. The summed E-state index contributed by atoms with van der Waals surface area (Å²) in [7, 11) is 8.04. The van der Waals surface area contributed by atoms with Gasteiger partial charge in [-0.05, 0) is 86.4 Å². The van der Waals surface area contributed by atoms with Gasteiger partial charge in [0.05, 0.1) is 58.3 Å². The van der Waals surface area contributed by atoms with Crippen LogP contribution in [-0.2, 0) is 6.54 Å². The monoisotopic (exact) mass is 694 g/mol. The lowest BCUT2D eigenvalue weighted by Crippen LogP contribution is -2.46. The van der Waals surface area contributed by atoms with Gasteiger partial charge in [-0.3, -0.25) is 14.5 Å². The Morgan fingerprint density at radius 3 is 2.33 bits per heavy atom. The predicted molar refractivity (Wildman–Crippen MR) is 194 cm³/mol. The van der Waals surface area contributed by atoms with Crippen LogP contribution in [0.25, 0.3) is 11.0 Å². The van der Waals surface area contributed by atoms with Crippen LogP contribution >= 0.6 is 0 Å². The van der Waals surface area contributed by atoms with Gasteiger partial charge in [-0.2, -0.15) is 0 Å². The molecular formula is C40H46N4O7. The van der Waals surface area contributed by atoms with Crippen molar-refractivity contribution in [3.8, 4) is 23.0 Å². The summed E-state index contributed by atoms with van der Waals surface area (Å²) in [6, 6.07) is 22.6. The third kappa shape index (κ3) is 7.73. The largest absolute Gasteiger partial charge is 0.497 e. The molecule has 1 saturated heterocycles. The fourth-order valence-corrected chi connectivity index (χ4v) is 7.09. The van der Waals surface area contributed by atoms with E-state index in [1.54, 1.807) is 37.5 Å². The van der Waals surface area contributed by atoms with E-state index in [4.69, 9.17) is 28.3 Å². The summed E-state index contributed by atoms with van der Waals surface area (Å²) in [6.07, 6.45) is 5.12. The Morgan fingerprint density at radius 1 is 0.922 bits per heavy atom. The lowest BCUT2D eigenvalue weighted by atomic mass is 9.92. The number of amides is 1. The highest BCUT2D eigenvalue weighted by atomic mass is 16.5. The number of carbonyl (C=O) groups excluding carboxylic acids is 2. The molecule has 0 bridgehead atoms. The molecule has 1 amide bonds. The number of rotatable bonds is 15. The van der Waals surface area contributed by atoms with Crippen molar-refractivity contribution in [3.63, 3.8) is 0 Å². The number of likely N-dealkylation sites (N-methyl/N-ethyl adjacent to an activating group) is 1. The zero-order valence-corrected chi connectivity index (χ0v) is 30.0. The lowest BCUT2D eigenvalue weighted by molar-refractivity contribution is 0.0715. The van der Waals surface area contributed by atoms with Gasteiger partial charge in [-0.15, -0.1) is 0 Å². The van der Waals surface area contributed by atoms with Crippen molar-refractivity contribution in [1.29, 1.82) is 0 Å². The van der Waals surface area contributed by atoms with Gasteiger partial charge >= 0.3 is 0 Å². The van der Waals surface area contributed by atoms with Crippen LogP contribution in [0, 0.1) is 0 Å². The Labute approximate surface area is 298 Å². The van der Waals surface area contributed by atoms with Crippen molar-refractivity contribution >= 4 is 22.7 Å². The number of piperidine rings is 1. The number of nitrogens with zero attached hydrogens (tertiary/aromatic N) is 4. The maximum atomic E-state index is 14.4. The van der Waals surface area contributed by atoms with Gasteiger partial charge in [0.1, 0.15) is 11.5 Å². The molecule has 5 aromatic rings. The number of Topliss-reactive ketones (excluding diaryl/α,β-unsaturated/α-hetero) is 1. The van der Waals surface area contributed by atoms with Gasteiger partial charge in [-0.1, -0.05) is 30.7 Å². The minimum atomic E-state index is -0.305. The second kappa shape index (κ2) is 16.2. The third-order valence-corrected chi connectivity index (χ3v) is 9.79. The lowest BCUT2D eigenvalue weighted by Gasteiger charge is -2.36. The molecule has 0 saturated carbocycles. The van der Waals surface area contributed by atoms with Crippen molar-refractivity contribution in [3.05, 3.63) is 102 Å². The third-order valence-electron chi connectivity index (χ3n) is 9.79. The van der Waals surface area contributed by atoms with E-state index in [2.05, 4.69) is 17.0 Å². The molecule has 2 unspecified atom stereocenters. The molecule has 1 aliphatic heterocycles. The van der Waals surface area contributed by atoms with Crippen LogP contribution in [0.3, 0.4) is 0 Å². The number of likely N-dealkylation sites (tertiary alicyclic amines) is 1. The van der Waals surface area contributed by atoms with Gasteiger partial charge < -0.3 is 32.8 Å². The number of imidazole rings is 1. The molecule has 0 spiro atoms. The van der Waals surface area contributed by atoms with Crippen LogP contribution in [0.15, 0.2) is 83.5 Å². The smallest absolute Gasteiger partial charge is 0.253 e. The Balaban J connectivity index is 1.24. The average molecular weight is 695 g/mol. The molecule has 6 rings (SSSR count). The molecule has 2 atom stereocenters. The first kappa shape index (κ1) is 35.5. The van der Waals surface area contributed by atoms with Gasteiger partial charge in [0.25, 0.3) is 5.91 Å². The molecule has 11 heteroatoms. The van der Waals surface area contributed by atoms with Crippen molar-refractivity contribution in [2.24, 2.45) is 0 Å². The number of aromatic nitrogens is 2. The van der Waals surface area contributed by atoms with Crippen molar-refractivity contribution in [2.45, 2.75) is 44.2 Å². The zero-order chi connectivity index (χ0) is 35.9. The standard InChI is InChI=1S/C40H46N4O7/c1-42(40(46)29-23-35(48-3)38(50-5)36(24-29)49-4)25-28(27-15-17-30(47-2)18-16-27)19-21-43-20-9-8-14-34(43)37(45)39-41-32-12-6-7-13-33(32)44(39)26-31-11-10-22-51-31/h6-7,10-13,15-18,22-24,28,34H,8-9,14,19-21,25-26H2,1-5H3. The second-order valence-electron chi connectivity index (χ2n) is 12.9. The molecule has 1 fully saturated rings. The number of hydrogen-bond acceptors (Lipinski definition) is 9. The molecule has 3 heterocycles. The predicted octanol–water partition coefficient (Wildman–Crippen LogP) is 6.70. The van der Waals surface area contributed by atoms with E-state index in [0.29, 0.717) is 48.3 Å². The van der Waals surface area contributed by atoms with Crippen LogP contribution in [0.1, 0.15) is 63.9 Å². The number of para-hydroxylation sites is 2. The summed E-state index contributed by atoms with van der Waals surface area (Å²) < 4.78 is 29.6. The van der Waals surface area contributed by atoms with Gasteiger partial charge in [0.2, 0.25) is 11.5 Å². The van der Waals surface area contributed by atoms with Gasteiger partial charge in [-0.25, -0.2) is 4.98 Å². The van der Waals surface area contributed by atoms with Crippen LogP contribution in [-0.4, -0.2) is 92.2 Å². The summed E-state index contributed by atoms with van der Waals surface area (Å²) in [6.45, 7) is 2.36. The quantitative estimate of drug-likeness (QED) is 0.111. The van der Waals surface area contributed by atoms with Crippen molar-refractivity contribution in [2.75, 3.05) is 55.1 Å². The number of carbonyl (C=O) groups is 2. The average Bonchev–Trinajstić information content (AvgIpc) is 3.83. The molecule has 11 nitrogen and oxygen atoms in total. The van der Waals surface area contributed by atoms with E-state index >= 15 is 0 Å². The van der Waals surface area contributed by atoms with E-state index in [1.165, 1.54) is 21.3 Å². The summed E-state index contributed by atoms with van der Waals surface area (Å²) in [5.74, 6) is 3.07. The van der Waals surface area contributed by atoms with Crippen LogP contribution in [0.4, 0.5) is 0 Å². The summed E-state index contributed by atoms with van der Waals surface area (Å²) in [4.78, 5) is 37.2. The summed E-state index contributed by atoms with van der Waals surface area (Å²) in [5.41, 5.74) is 3.20. The van der Waals surface area contributed by atoms with Crippen LogP contribution in [0.5, 0.6) is 23.0 Å². The van der Waals surface area contributed by atoms with Gasteiger partial charge in [0, 0.05) is 25.1 Å². The van der Waals surface area contributed by atoms with Crippen molar-refractivity contribution < 1.29 is 33.0 Å². The normalized spacial score (nSPS) is 15.4. The van der Waals surface area contributed by atoms with E-state index in [9.17, 15) is 9.59 Å².